The largest absolute Gasteiger partial charge is 0.497 e. The maximum Gasteiger partial charge on any atom is 0.118 e. The SMILES string of the molecule is CCCC1(c2ccc(OC)cc2)CCCCN1. The molecule has 1 saturated heterocycles. The van der Waals surface area contributed by atoms with Crippen LogP contribution in [0.25, 0.3) is 0 Å². The highest BCUT2D eigenvalue weighted by Gasteiger charge is 2.32. The Kier molecular flexibility index (Phi) is 4.06. The van der Waals surface area contributed by atoms with Gasteiger partial charge in [0.15, 0.2) is 0 Å². The van der Waals surface area contributed by atoms with E-state index in [4.69, 9.17) is 4.74 Å². The molecule has 1 aromatic rings. The topological polar surface area (TPSA) is 21.3 Å². The smallest absolute Gasteiger partial charge is 0.118 e. The first-order valence-corrected chi connectivity index (χ1v) is 6.70. The van der Waals surface area contributed by atoms with E-state index in [2.05, 4.69) is 36.5 Å². The fraction of sp³-hybridized carbons (Fsp3) is 0.600. The van der Waals surface area contributed by atoms with Crippen molar-refractivity contribution in [1.29, 1.82) is 0 Å². The zero-order valence-corrected chi connectivity index (χ0v) is 11.0. The van der Waals surface area contributed by atoms with Crippen molar-refractivity contribution in [3.05, 3.63) is 29.8 Å². The van der Waals surface area contributed by atoms with Crippen LogP contribution in [0.2, 0.25) is 0 Å². The van der Waals surface area contributed by atoms with Gasteiger partial charge in [-0.3, -0.25) is 0 Å². The minimum atomic E-state index is 0.208. The van der Waals surface area contributed by atoms with Crippen LogP contribution in [0.4, 0.5) is 0 Å². The highest BCUT2D eigenvalue weighted by molar-refractivity contribution is 5.32. The van der Waals surface area contributed by atoms with E-state index >= 15 is 0 Å². The molecule has 0 aliphatic carbocycles. The van der Waals surface area contributed by atoms with E-state index in [0.29, 0.717) is 0 Å². The number of nitrogens with one attached hydrogen (secondary N) is 1. The standard InChI is InChI=1S/C15H23NO/c1-3-10-15(11-4-5-12-16-15)13-6-8-14(17-2)9-7-13/h6-9,16H,3-5,10-12H2,1-2H3. The van der Waals surface area contributed by atoms with Gasteiger partial charge >= 0.3 is 0 Å². The highest BCUT2D eigenvalue weighted by Crippen LogP contribution is 2.35. The number of methoxy groups -OCH3 is 1. The molecular weight excluding hydrogens is 210 g/mol. The summed E-state index contributed by atoms with van der Waals surface area (Å²) >= 11 is 0. The Balaban J connectivity index is 2.24. The average Bonchev–Trinajstić information content (AvgIpc) is 2.40. The van der Waals surface area contributed by atoms with Crippen LogP contribution >= 0.6 is 0 Å². The minimum absolute atomic E-state index is 0.208. The first-order valence-electron chi connectivity index (χ1n) is 6.70. The number of benzene rings is 1. The highest BCUT2D eigenvalue weighted by atomic mass is 16.5. The Morgan fingerprint density at radius 1 is 1.24 bits per heavy atom. The van der Waals surface area contributed by atoms with Gasteiger partial charge in [-0.1, -0.05) is 31.9 Å². The molecule has 1 unspecified atom stereocenters. The fourth-order valence-electron chi connectivity index (χ4n) is 2.91. The molecule has 1 heterocycles. The van der Waals surface area contributed by atoms with E-state index in [9.17, 15) is 0 Å². The summed E-state index contributed by atoms with van der Waals surface area (Å²) in [7, 11) is 1.72. The molecule has 0 spiro atoms. The summed E-state index contributed by atoms with van der Waals surface area (Å²) in [6.07, 6.45) is 6.34. The summed E-state index contributed by atoms with van der Waals surface area (Å²) in [5.74, 6) is 0.941. The van der Waals surface area contributed by atoms with Crippen LogP contribution in [0.15, 0.2) is 24.3 Å². The molecule has 94 valence electrons. The Labute approximate surface area is 104 Å². The maximum atomic E-state index is 5.23. The monoisotopic (exact) mass is 233 g/mol. The normalized spacial score (nSPS) is 24.6. The lowest BCUT2D eigenvalue weighted by molar-refractivity contribution is 0.237. The van der Waals surface area contributed by atoms with Gasteiger partial charge in [0.05, 0.1) is 7.11 Å². The molecule has 0 bridgehead atoms. The van der Waals surface area contributed by atoms with Crippen molar-refractivity contribution in [2.75, 3.05) is 13.7 Å². The lowest BCUT2D eigenvalue weighted by atomic mass is 9.79. The molecule has 0 saturated carbocycles. The molecule has 1 aliphatic rings. The first-order chi connectivity index (χ1) is 8.30. The summed E-state index contributed by atoms with van der Waals surface area (Å²) < 4.78 is 5.23. The van der Waals surface area contributed by atoms with Crippen LogP contribution in [0.1, 0.15) is 44.6 Å². The van der Waals surface area contributed by atoms with E-state index in [-0.39, 0.29) is 5.54 Å². The predicted molar refractivity (Wildman–Crippen MR) is 71.4 cm³/mol. The number of rotatable bonds is 4. The summed E-state index contributed by atoms with van der Waals surface area (Å²) in [5, 5.41) is 3.75. The van der Waals surface area contributed by atoms with Crippen molar-refractivity contribution in [3.63, 3.8) is 0 Å². The molecule has 2 heteroatoms. The van der Waals surface area contributed by atoms with Crippen molar-refractivity contribution < 1.29 is 4.74 Å². The Bertz CT molecular complexity index is 333. The van der Waals surface area contributed by atoms with Crippen LogP contribution in [0.5, 0.6) is 5.75 Å². The lowest BCUT2D eigenvalue weighted by Crippen LogP contribution is -2.45. The van der Waals surface area contributed by atoms with Gasteiger partial charge in [0, 0.05) is 5.54 Å². The van der Waals surface area contributed by atoms with E-state index in [1.807, 2.05) is 0 Å². The third-order valence-corrected chi connectivity index (χ3v) is 3.81. The van der Waals surface area contributed by atoms with Crippen molar-refractivity contribution in [2.45, 2.75) is 44.6 Å². The average molecular weight is 233 g/mol. The predicted octanol–water partition coefficient (Wildman–Crippen LogP) is 3.46. The van der Waals surface area contributed by atoms with Gasteiger partial charge in [0.25, 0.3) is 0 Å². The molecule has 0 radical (unpaired) electrons. The van der Waals surface area contributed by atoms with Gasteiger partial charge in [-0.2, -0.15) is 0 Å². The van der Waals surface area contributed by atoms with Crippen molar-refractivity contribution >= 4 is 0 Å². The summed E-state index contributed by atoms with van der Waals surface area (Å²) in [6, 6.07) is 8.58. The second-order valence-electron chi connectivity index (χ2n) is 4.94. The zero-order chi connectivity index (χ0) is 12.1. The first kappa shape index (κ1) is 12.4. The van der Waals surface area contributed by atoms with Gasteiger partial charge in [0.1, 0.15) is 5.75 Å². The van der Waals surface area contributed by atoms with Crippen LogP contribution in [0, 0.1) is 0 Å². The molecule has 1 fully saturated rings. The van der Waals surface area contributed by atoms with Crippen LogP contribution in [0.3, 0.4) is 0 Å². The van der Waals surface area contributed by atoms with Crippen LogP contribution in [-0.2, 0) is 5.54 Å². The van der Waals surface area contributed by atoms with Gasteiger partial charge in [-0.05, 0) is 43.5 Å². The summed E-state index contributed by atoms with van der Waals surface area (Å²) in [4.78, 5) is 0. The van der Waals surface area contributed by atoms with E-state index < -0.39 is 0 Å². The molecule has 2 nitrogen and oxygen atoms in total. The van der Waals surface area contributed by atoms with Crippen molar-refractivity contribution in [2.24, 2.45) is 0 Å². The molecule has 1 atom stereocenters. The maximum absolute atomic E-state index is 5.23. The van der Waals surface area contributed by atoms with Gasteiger partial charge in [-0.15, -0.1) is 0 Å². The number of hydrogen-bond donors (Lipinski definition) is 1. The summed E-state index contributed by atoms with van der Waals surface area (Å²) in [6.45, 7) is 3.41. The molecular formula is C15H23NO. The second-order valence-corrected chi connectivity index (χ2v) is 4.94. The van der Waals surface area contributed by atoms with E-state index in [1.165, 1.54) is 37.7 Å². The van der Waals surface area contributed by atoms with Crippen LogP contribution in [-0.4, -0.2) is 13.7 Å². The molecule has 2 rings (SSSR count). The minimum Gasteiger partial charge on any atom is -0.497 e. The third kappa shape index (κ3) is 2.63. The van der Waals surface area contributed by atoms with Crippen LogP contribution < -0.4 is 10.1 Å². The van der Waals surface area contributed by atoms with Gasteiger partial charge < -0.3 is 10.1 Å². The van der Waals surface area contributed by atoms with E-state index in [0.717, 1.165) is 12.3 Å². The molecule has 1 aromatic carbocycles. The van der Waals surface area contributed by atoms with Crippen molar-refractivity contribution in [3.8, 4) is 5.75 Å². The Morgan fingerprint density at radius 2 is 2.00 bits per heavy atom. The number of hydrogen-bond acceptors (Lipinski definition) is 2. The molecule has 1 N–H and O–H groups in total. The zero-order valence-electron chi connectivity index (χ0n) is 11.0. The number of ether oxygens (including phenoxy) is 1. The lowest BCUT2D eigenvalue weighted by Gasteiger charge is -2.39. The quantitative estimate of drug-likeness (QED) is 0.860. The Hall–Kier alpha value is -1.02. The fourth-order valence-corrected chi connectivity index (χ4v) is 2.91. The van der Waals surface area contributed by atoms with Crippen molar-refractivity contribution in [1.82, 2.24) is 5.32 Å². The molecule has 1 aliphatic heterocycles. The van der Waals surface area contributed by atoms with Gasteiger partial charge in [0.2, 0.25) is 0 Å². The van der Waals surface area contributed by atoms with Gasteiger partial charge in [-0.25, -0.2) is 0 Å². The molecule has 0 amide bonds. The summed E-state index contributed by atoms with van der Waals surface area (Å²) in [5.41, 5.74) is 1.62. The Morgan fingerprint density at radius 3 is 2.53 bits per heavy atom. The van der Waals surface area contributed by atoms with E-state index in [1.54, 1.807) is 7.11 Å². The molecule has 0 aromatic heterocycles. The molecule has 17 heavy (non-hydrogen) atoms. The number of piperidine rings is 1. The third-order valence-electron chi connectivity index (χ3n) is 3.81. The second kappa shape index (κ2) is 5.54.